The van der Waals surface area contributed by atoms with E-state index in [2.05, 4.69) is 46.4 Å². The lowest BCUT2D eigenvalue weighted by atomic mass is 9.61. The molecule has 0 aromatic carbocycles. The van der Waals surface area contributed by atoms with E-state index in [1.54, 1.807) is 0 Å². The summed E-state index contributed by atoms with van der Waals surface area (Å²) in [4.78, 5) is 2.94. The van der Waals surface area contributed by atoms with Crippen LogP contribution >= 0.6 is 0 Å². The van der Waals surface area contributed by atoms with E-state index >= 15 is 0 Å². The highest BCUT2D eigenvalue weighted by molar-refractivity contribution is 5.24. The van der Waals surface area contributed by atoms with Gasteiger partial charge in [-0.3, -0.25) is 4.90 Å². The first-order valence-corrected chi connectivity index (χ1v) is 9.11. The monoisotopic (exact) mass is 291 g/mol. The zero-order chi connectivity index (χ0) is 15.2. The summed E-state index contributed by atoms with van der Waals surface area (Å²) in [5, 5.41) is 0. The molecule has 6 unspecified atom stereocenters. The van der Waals surface area contributed by atoms with Crippen molar-refractivity contribution in [3.63, 3.8) is 0 Å². The van der Waals surface area contributed by atoms with E-state index in [0.29, 0.717) is 29.1 Å². The number of rotatable bonds is 0. The number of hydrogen-bond acceptors (Lipinski definition) is 2. The van der Waals surface area contributed by atoms with Crippen LogP contribution < -0.4 is 0 Å². The van der Waals surface area contributed by atoms with Crippen molar-refractivity contribution in [2.24, 2.45) is 16.7 Å². The van der Waals surface area contributed by atoms with Crippen molar-refractivity contribution in [1.82, 2.24) is 4.90 Å². The largest absolute Gasteiger partial charge is 0.374 e. The molecule has 4 aliphatic rings. The van der Waals surface area contributed by atoms with Gasteiger partial charge in [-0.2, -0.15) is 0 Å². The minimum absolute atomic E-state index is 0.268. The van der Waals surface area contributed by atoms with Gasteiger partial charge in [0.05, 0.1) is 12.2 Å². The molecule has 0 radical (unpaired) electrons. The second-order valence-corrected chi connectivity index (χ2v) is 10.2. The molecule has 6 atom stereocenters. The number of fused-ring (bicyclic) bond motifs is 3. The van der Waals surface area contributed by atoms with Crippen LogP contribution in [0.3, 0.4) is 0 Å². The maximum absolute atomic E-state index is 6.50. The van der Waals surface area contributed by atoms with E-state index in [1.165, 1.54) is 32.1 Å². The molecular formula is C19H33NO. The summed E-state index contributed by atoms with van der Waals surface area (Å²) >= 11 is 0. The second-order valence-electron chi connectivity index (χ2n) is 10.2. The molecule has 3 aliphatic heterocycles. The fourth-order valence-corrected chi connectivity index (χ4v) is 6.79. The predicted molar refractivity (Wildman–Crippen MR) is 86.3 cm³/mol. The molecule has 21 heavy (non-hydrogen) atoms. The highest BCUT2D eigenvalue weighted by Crippen LogP contribution is 2.69. The fraction of sp³-hybridized carbons (Fsp3) is 1.00. The molecule has 0 amide bonds. The first-order chi connectivity index (χ1) is 9.67. The van der Waals surface area contributed by atoms with E-state index in [-0.39, 0.29) is 5.54 Å². The number of nitrogens with zero attached hydrogens (tertiary/aromatic N) is 1. The lowest BCUT2D eigenvalue weighted by Crippen LogP contribution is -2.55. The minimum Gasteiger partial charge on any atom is -0.374 e. The van der Waals surface area contributed by atoms with Crippen LogP contribution in [0.4, 0.5) is 0 Å². The van der Waals surface area contributed by atoms with Crippen molar-refractivity contribution in [2.45, 2.75) is 103 Å². The van der Waals surface area contributed by atoms with Crippen molar-refractivity contribution in [3.8, 4) is 0 Å². The van der Waals surface area contributed by atoms with Crippen molar-refractivity contribution in [2.75, 3.05) is 0 Å². The summed E-state index contributed by atoms with van der Waals surface area (Å²) in [5.74, 6) is 0.781. The highest BCUT2D eigenvalue weighted by atomic mass is 16.5. The minimum atomic E-state index is 0.268. The molecule has 2 bridgehead atoms. The van der Waals surface area contributed by atoms with Crippen LogP contribution in [0.1, 0.15) is 73.6 Å². The van der Waals surface area contributed by atoms with Gasteiger partial charge in [0, 0.05) is 29.0 Å². The molecule has 1 aliphatic carbocycles. The highest BCUT2D eigenvalue weighted by Gasteiger charge is 2.74. The van der Waals surface area contributed by atoms with Gasteiger partial charge in [0.25, 0.3) is 0 Å². The molecular weight excluding hydrogens is 258 g/mol. The summed E-state index contributed by atoms with van der Waals surface area (Å²) < 4.78 is 6.50. The summed E-state index contributed by atoms with van der Waals surface area (Å²) in [7, 11) is 0. The Kier molecular flexibility index (Phi) is 2.80. The SMILES string of the molecule is CC(C)(C)C1C2C3CCC(O3)C23CCCC3N1C(C)(C)C. The fourth-order valence-electron chi connectivity index (χ4n) is 6.79. The Labute approximate surface area is 130 Å². The van der Waals surface area contributed by atoms with Gasteiger partial charge in [-0.05, 0) is 51.9 Å². The van der Waals surface area contributed by atoms with Gasteiger partial charge in [-0.1, -0.05) is 27.2 Å². The van der Waals surface area contributed by atoms with Gasteiger partial charge in [-0.25, -0.2) is 0 Å². The second kappa shape index (κ2) is 4.06. The third kappa shape index (κ3) is 1.67. The van der Waals surface area contributed by atoms with E-state index in [4.69, 9.17) is 4.74 Å². The molecule has 3 heterocycles. The average Bonchev–Trinajstić information content (AvgIpc) is 3.00. The van der Waals surface area contributed by atoms with Gasteiger partial charge < -0.3 is 4.74 Å². The molecule has 4 rings (SSSR count). The predicted octanol–water partition coefficient (Wildman–Crippen LogP) is 4.23. The summed E-state index contributed by atoms with van der Waals surface area (Å²) in [6.45, 7) is 14.7. The quantitative estimate of drug-likeness (QED) is 0.662. The number of likely N-dealkylation sites (tertiary alicyclic amines) is 1. The first-order valence-electron chi connectivity index (χ1n) is 9.11. The lowest BCUT2D eigenvalue weighted by molar-refractivity contribution is -0.0331. The third-order valence-electron chi connectivity index (χ3n) is 7.02. The van der Waals surface area contributed by atoms with E-state index < -0.39 is 0 Å². The first kappa shape index (κ1) is 14.5. The van der Waals surface area contributed by atoms with Gasteiger partial charge in [0.2, 0.25) is 0 Å². The molecule has 1 spiro atoms. The van der Waals surface area contributed by atoms with Crippen LogP contribution in [0.5, 0.6) is 0 Å². The normalized spacial score (nSPS) is 49.7. The molecule has 2 nitrogen and oxygen atoms in total. The molecule has 3 saturated heterocycles. The Morgan fingerprint density at radius 2 is 1.71 bits per heavy atom. The number of hydrogen-bond donors (Lipinski definition) is 0. The Hall–Kier alpha value is -0.0800. The summed E-state index contributed by atoms with van der Waals surface area (Å²) in [6.07, 6.45) is 7.98. The zero-order valence-corrected chi connectivity index (χ0v) is 14.8. The zero-order valence-electron chi connectivity index (χ0n) is 14.8. The van der Waals surface area contributed by atoms with Crippen molar-refractivity contribution in [3.05, 3.63) is 0 Å². The van der Waals surface area contributed by atoms with E-state index in [9.17, 15) is 0 Å². The topological polar surface area (TPSA) is 12.5 Å². The van der Waals surface area contributed by atoms with E-state index in [0.717, 1.165) is 12.0 Å². The maximum Gasteiger partial charge on any atom is 0.0655 e. The Balaban J connectivity index is 1.86. The molecule has 1 saturated carbocycles. The standard InChI is InChI=1S/C19H33NO/c1-17(2,3)16-15-12-9-10-14(21-12)19(15)11-7-8-13(19)20(16)18(4,5)6/h12-16H,7-11H2,1-6H3. The van der Waals surface area contributed by atoms with Gasteiger partial charge in [-0.15, -0.1) is 0 Å². The van der Waals surface area contributed by atoms with Crippen molar-refractivity contribution >= 4 is 0 Å². The third-order valence-corrected chi connectivity index (χ3v) is 7.02. The Bertz CT molecular complexity index is 443. The summed E-state index contributed by atoms with van der Waals surface area (Å²) in [6, 6.07) is 1.44. The van der Waals surface area contributed by atoms with Crippen molar-refractivity contribution < 1.29 is 4.74 Å². The molecule has 120 valence electrons. The van der Waals surface area contributed by atoms with Gasteiger partial charge in [0.1, 0.15) is 0 Å². The maximum atomic E-state index is 6.50. The summed E-state index contributed by atoms with van der Waals surface area (Å²) in [5.41, 5.74) is 1.10. The van der Waals surface area contributed by atoms with Gasteiger partial charge in [0.15, 0.2) is 0 Å². The Morgan fingerprint density at radius 1 is 1.00 bits per heavy atom. The average molecular weight is 291 g/mol. The van der Waals surface area contributed by atoms with E-state index in [1.807, 2.05) is 0 Å². The number of ether oxygens (including phenoxy) is 1. The molecule has 0 aromatic rings. The molecule has 0 aromatic heterocycles. The van der Waals surface area contributed by atoms with Crippen LogP contribution in [0, 0.1) is 16.7 Å². The van der Waals surface area contributed by atoms with Gasteiger partial charge >= 0.3 is 0 Å². The van der Waals surface area contributed by atoms with Crippen LogP contribution in [0.2, 0.25) is 0 Å². The molecule has 0 N–H and O–H groups in total. The molecule has 4 fully saturated rings. The lowest BCUT2D eigenvalue weighted by Gasteiger charge is -2.48. The van der Waals surface area contributed by atoms with Crippen LogP contribution in [-0.4, -0.2) is 34.7 Å². The van der Waals surface area contributed by atoms with Crippen LogP contribution in [0.15, 0.2) is 0 Å². The van der Waals surface area contributed by atoms with Crippen LogP contribution in [-0.2, 0) is 4.74 Å². The Morgan fingerprint density at radius 3 is 2.33 bits per heavy atom. The van der Waals surface area contributed by atoms with Crippen LogP contribution in [0.25, 0.3) is 0 Å². The smallest absolute Gasteiger partial charge is 0.0655 e. The van der Waals surface area contributed by atoms with Crippen molar-refractivity contribution in [1.29, 1.82) is 0 Å². The molecule has 2 heteroatoms.